The number of rotatable bonds is 6. The third-order valence-corrected chi connectivity index (χ3v) is 5.67. The molecule has 1 unspecified atom stereocenters. The number of ether oxygens (including phenoxy) is 2. The highest BCUT2D eigenvalue weighted by molar-refractivity contribution is 7.92. The molecular weight excluding hydrogens is 280 g/mol. The average molecular weight is 302 g/mol. The van der Waals surface area contributed by atoms with E-state index in [0.717, 1.165) is 0 Å². The van der Waals surface area contributed by atoms with E-state index in [1.165, 1.54) is 20.5 Å². The molecule has 0 spiro atoms. The van der Waals surface area contributed by atoms with E-state index >= 15 is 0 Å². The molecule has 1 rings (SSSR count). The maximum Gasteiger partial charge on any atom is 0.154 e. The van der Waals surface area contributed by atoms with E-state index in [0.29, 0.717) is 17.1 Å². The minimum Gasteiger partial charge on any atom is -0.497 e. The molecule has 1 atom stereocenters. The highest BCUT2D eigenvalue weighted by atomic mass is 32.2. The summed E-state index contributed by atoms with van der Waals surface area (Å²) in [5.41, 5.74) is 3.26. The van der Waals surface area contributed by atoms with Gasteiger partial charge in [-0.2, -0.15) is 0 Å². The minimum atomic E-state index is -3.33. The molecule has 6 nitrogen and oxygen atoms in total. The van der Waals surface area contributed by atoms with Gasteiger partial charge < -0.3 is 9.47 Å². The van der Waals surface area contributed by atoms with Gasteiger partial charge in [0, 0.05) is 12.3 Å². The van der Waals surface area contributed by atoms with E-state index in [-0.39, 0.29) is 0 Å². The van der Waals surface area contributed by atoms with Gasteiger partial charge in [-0.1, -0.05) is 0 Å². The van der Waals surface area contributed by atoms with Crippen LogP contribution in [-0.2, 0) is 9.84 Å². The first-order valence-electron chi connectivity index (χ1n) is 6.06. The molecule has 0 aromatic heterocycles. The third kappa shape index (κ3) is 3.23. The Morgan fingerprint density at radius 2 is 1.60 bits per heavy atom. The number of methoxy groups -OCH3 is 2. The van der Waals surface area contributed by atoms with Gasteiger partial charge in [0.05, 0.1) is 25.0 Å². The van der Waals surface area contributed by atoms with Crippen molar-refractivity contribution in [3.63, 3.8) is 0 Å². The summed E-state index contributed by atoms with van der Waals surface area (Å²) in [5.74, 6) is 6.72. The molecule has 0 aliphatic rings. The summed E-state index contributed by atoms with van der Waals surface area (Å²) in [6, 6.07) is 4.59. The molecule has 1 aromatic carbocycles. The van der Waals surface area contributed by atoms with Gasteiger partial charge >= 0.3 is 0 Å². The summed E-state index contributed by atoms with van der Waals surface area (Å²) in [6.07, 6.45) is 1.19. The fourth-order valence-electron chi connectivity index (χ4n) is 1.91. The van der Waals surface area contributed by atoms with Crippen LogP contribution in [0, 0.1) is 0 Å². The van der Waals surface area contributed by atoms with Crippen molar-refractivity contribution in [1.82, 2.24) is 5.43 Å². The van der Waals surface area contributed by atoms with Crippen molar-refractivity contribution in [2.75, 3.05) is 20.5 Å². The van der Waals surface area contributed by atoms with Crippen LogP contribution in [0.25, 0.3) is 0 Å². The lowest BCUT2D eigenvalue weighted by Gasteiger charge is -2.32. The lowest BCUT2D eigenvalue weighted by Crippen LogP contribution is -2.47. The second-order valence-electron chi connectivity index (χ2n) is 5.12. The van der Waals surface area contributed by atoms with Gasteiger partial charge in [0.2, 0.25) is 0 Å². The van der Waals surface area contributed by atoms with Crippen LogP contribution in [0.3, 0.4) is 0 Å². The van der Waals surface area contributed by atoms with Crippen molar-refractivity contribution in [2.24, 2.45) is 5.84 Å². The van der Waals surface area contributed by atoms with Gasteiger partial charge in [-0.3, -0.25) is 11.3 Å². The van der Waals surface area contributed by atoms with E-state index in [2.05, 4.69) is 5.43 Å². The highest BCUT2D eigenvalue weighted by Gasteiger charge is 2.39. The number of benzene rings is 1. The van der Waals surface area contributed by atoms with E-state index < -0.39 is 20.6 Å². The van der Waals surface area contributed by atoms with Crippen LogP contribution in [0.15, 0.2) is 18.2 Å². The molecule has 7 heteroatoms. The van der Waals surface area contributed by atoms with Crippen LogP contribution in [0.4, 0.5) is 0 Å². The Balaban J connectivity index is 3.39. The van der Waals surface area contributed by atoms with Crippen LogP contribution in [0.2, 0.25) is 0 Å². The Bertz CT molecular complexity index is 547. The molecule has 0 fully saturated rings. The summed E-state index contributed by atoms with van der Waals surface area (Å²) in [7, 11) is -0.259. The number of sulfone groups is 1. The quantitative estimate of drug-likeness (QED) is 0.602. The average Bonchev–Trinajstić information content (AvgIpc) is 2.37. The molecule has 0 heterocycles. The normalized spacial score (nSPS) is 13.9. The van der Waals surface area contributed by atoms with Crippen molar-refractivity contribution in [3.8, 4) is 11.5 Å². The Morgan fingerprint density at radius 3 is 1.90 bits per heavy atom. The lowest BCUT2D eigenvalue weighted by molar-refractivity contribution is 0.385. The van der Waals surface area contributed by atoms with Crippen LogP contribution >= 0.6 is 0 Å². The summed E-state index contributed by atoms with van der Waals surface area (Å²) in [4.78, 5) is 0. The zero-order chi connectivity index (χ0) is 15.6. The fraction of sp³-hybridized carbons (Fsp3) is 0.538. The van der Waals surface area contributed by atoms with Gasteiger partial charge in [0.1, 0.15) is 11.5 Å². The van der Waals surface area contributed by atoms with Gasteiger partial charge in [-0.25, -0.2) is 8.42 Å². The summed E-state index contributed by atoms with van der Waals surface area (Å²) >= 11 is 0. The number of hydrazine groups is 1. The second kappa shape index (κ2) is 5.99. The minimum absolute atomic E-state index is 0.573. The number of nitrogens with one attached hydrogen (secondary N) is 1. The Morgan fingerprint density at radius 1 is 1.15 bits per heavy atom. The van der Waals surface area contributed by atoms with Crippen LogP contribution in [0.5, 0.6) is 11.5 Å². The SMILES string of the molecule is COc1cc(OC)cc(C(NN)C(C)(C)S(C)(=O)=O)c1. The van der Waals surface area contributed by atoms with Crippen LogP contribution in [-0.4, -0.2) is 33.6 Å². The molecule has 0 saturated carbocycles. The van der Waals surface area contributed by atoms with Crippen molar-refractivity contribution in [1.29, 1.82) is 0 Å². The smallest absolute Gasteiger partial charge is 0.154 e. The molecule has 3 N–H and O–H groups in total. The fourth-order valence-corrected chi connectivity index (χ4v) is 2.54. The first-order chi connectivity index (χ1) is 9.17. The van der Waals surface area contributed by atoms with E-state index in [1.807, 2.05) is 0 Å². The van der Waals surface area contributed by atoms with Gasteiger partial charge in [0.15, 0.2) is 9.84 Å². The lowest BCUT2D eigenvalue weighted by atomic mass is 9.95. The number of hydrogen-bond donors (Lipinski definition) is 2. The molecular formula is C13H22N2O4S. The molecule has 0 bridgehead atoms. The van der Waals surface area contributed by atoms with Crippen molar-refractivity contribution in [2.45, 2.75) is 24.6 Å². The zero-order valence-electron chi connectivity index (χ0n) is 12.4. The molecule has 0 saturated heterocycles. The molecule has 114 valence electrons. The number of nitrogens with two attached hydrogens (primary N) is 1. The topological polar surface area (TPSA) is 90.7 Å². The van der Waals surface area contributed by atoms with Crippen molar-refractivity contribution in [3.05, 3.63) is 23.8 Å². The highest BCUT2D eigenvalue weighted by Crippen LogP contribution is 2.35. The van der Waals surface area contributed by atoms with Crippen LogP contribution < -0.4 is 20.7 Å². The zero-order valence-corrected chi connectivity index (χ0v) is 13.2. The predicted molar refractivity (Wildman–Crippen MR) is 78.5 cm³/mol. The maximum absolute atomic E-state index is 12.0. The monoisotopic (exact) mass is 302 g/mol. The van der Waals surface area contributed by atoms with E-state index in [4.69, 9.17) is 15.3 Å². The van der Waals surface area contributed by atoms with Crippen molar-refractivity contribution >= 4 is 9.84 Å². The van der Waals surface area contributed by atoms with E-state index in [9.17, 15) is 8.42 Å². The first-order valence-corrected chi connectivity index (χ1v) is 7.95. The standard InChI is InChI=1S/C13H22N2O4S/c1-13(2,20(5,16)17)12(15-14)9-6-10(18-3)8-11(7-9)19-4/h6-8,12,15H,14H2,1-5H3. The summed E-state index contributed by atoms with van der Waals surface area (Å²) in [6.45, 7) is 3.25. The maximum atomic E-state index is 12.0. The van der Waals surface area contributed by atoms with Gasteiger partial charge in [-0.05, 0) is 31.5 Å². The first kappa shape index (κ1) is 16.7. The van der Waals surface area contributed by atoms with Gasteiger partial charge in [0.25, 0.3) is 0 Å². The van der Waals surface area contributed by atoms with Crippen LogP contribution in [0.1, 0.15) is 25.5 Å². The summed E-state index contributed by atoms with van der Waals surface area (Å²) in [5, 5.41) is 0. The molecule has 20 heavy (non-hydrogen) atoms. The van der Waals surface area contributed by atoms with Gasteiger partial charge in [-0.15, -0.1) is 0 Å². The predicted octanol–water partition coefficient (Wildman–Crippen LogP) is 1.03. The Labute approximate surface area is 120 Å². The largest absolute Gasteiger partial charge is 0.497 e. The Kier molecular flexibility index (Phi) is 5.01. The van der Waals surface area contributed by atoms with Crippen molar-refractivity contribution < 1.29 is 17.9 Å². The Hall–Kier alpha value is -1.31. The molecule has 0 aliphatic carbocycles. The molecule has 0 radical (unpaired) electrons. The second-order valence-corrected chi connectivity index (χ2v) is 7.72. The van der Waals surface area contributed by atoms with E-state index in [1.54, 1.807) is 32.0 Å². The molecule has 0 amide bonds. The third-order valence-electron chi connectivity index (χ3n) is 3.52. The molecule has 0 aliphatic heterocycles. The summed E-state index contributed by atoms with van der Waals surface area (Å²) < 4.78 is 33.3. The number of hydrogen-bond acceptors (Lipinski definition) is 6. The molecule has 1 aromatic rings.